The van der Waals surface area contributed by atoms with Gasteiger partial charge in [-0.05, 0) is 36.8 Å². The van der Waals surface area contributed by atoms with Crippen molar-refractivity contribution in [1.82, 2.24) is 4.90 Å². The highest BCUT2D eigenvalue weighted by Gasteiger charge is 2.77. The van der Waals surface area contributed by atoms with Crippen LogP contribution in [0.1, 0.15) is 39.2 Å². The lowest BCUT2D eigenvalue weighted by Gasteiger charge is -2.43. The zero-order valence-corrected chi connectivity index (χ0v) is 24.7. The van der Waals surface area contributed by atoms with Crippen LogP contribution in [0, 0.1) is 30.6 Å². The Balaban J connectivity index is 1.90. The van der Waals surface area contributed by atoms with Gasteiger partial charge in [0.05, 0.1) is 39.9 Å². The highest BCUT2D eigenvalue weighted by atomic mass is 35.5. The minimum atomic E-state index is -0.890. The Kier molecular flexibility index (Phi) is 8.89. The molecule has 1 spiro atoms. The van der Waals surface area contributed by atoms with Crippen molar-refractivity contribution in [3.63, 3.8) is 0 Å². The van der Waals surface area contributed by atoms with Crippen molar-refractivity contribution in [2.45, 2.75) is 62.6 Å². The first kappa shape index (κ1) is 29.7. The molecule has 3 saturated heterocycles. The van der Waals surface area contributed by atoms with E-state index in [4.69, 9.17) is 16.3 Å². The first-order valence-corrected chi connectivity index (χ1v) is 14.9. The quantitative estimate of drug-likeness (QED) is 0.306. The normalized spacial score (nSPS) is 30.6. The minimum Gasteiger partial charge on any atom is -0.461 e. The molecule has 0 radical (unpaired) electrons. The van der Waals surface area contributed by atoms with Crippen molar-refractivity contribution in [2.75, 3.05) is 24.7 Å². The fourth-order valence-electron chi connectivity index (χ4n) is 6.95. The van der Waals surface area contributed by atoms with Crippen molar-refractivity contribution < 1.29 is 24.2 Å². The monoisotopic (exact) mass is 574 g/mol. The third-order valence-electron chi connectivity index (χ3n) is 8.91. The molecule has 0 saturated carbocycles. The van der Waals surface area contributed by atoms with Crippen LogP contribution in [0.15, 0.2) is 43.5 Å². The molecule has 8 atom stereocenters. The summed E-state index contributed by atoms with van der Waals surface area (Å²) in [4.78, 5) is 45.8. The lowest BCUT2D eigenvalue weighted by atomic mass is 9.66. The molecule has 1 N–H and O–H groups in total. The van der Waals surface area contributed by atoms with Crippen LogP contribution in [0.25, 0.3) is 0 Å². The Bertz CT molecular complexity index is 1140. The second kappa shape index (κ2) is 11.7. The van der Waals surface area contributed by atoms with Gasteiger partial charge in [0, 0.05) is 11.8 Å². The van der Waals surface area contributed by atoms with Crippen molar-refractivity contribution >= 4 is 46.8 Å². The number of aliphatic hydroxyl groups excluding tert-OH is 1. The van der Waals surface area contributed by atoms with Crippen LogP contribution in [-0.4, -0.2) is 69.6 Å². The topological polar surface area (TPSA) is 87.1 Å². The van der Waals surface area contributed by atoms with Crippen LogP contribution in [-0.2, 0) is 19.1 Å². The average Bonchev–Trinajstić information content (AvgIpc) is 3.50. The molecule has 2 amide bonds. The number of fused-ring (bicyclic) bond motifs is 1. The lowest BCUT2D eigenvalue weighted by Crippen LogP contribution is -2.60. The standard InChI is InChI=1S/C30H39ClN2O5S/c1-7-13-32(25-18(5)11-10-12-20(25)31)28(36)26-30-19(6)15-22(39-30)23(29(37)38-14-8-2)24(30)27(35)33(26)21(16-34)17(4)9-3/h7-8,10-12,17,19,21-24,26,34H,1-2,9,13-16H2,3-6H3/t17-,19?,21-,22+,23-,24-,26?,30?/m0/s1. The summed E-state index contributed by atoms with van der Waals surface area (Å²) >= 11 is 8.23. The van der Waals surface area contributed by atoms with E-state index in [0.717, 1.165) is 5.56 Å². The first-order valence-electron chi connectivity index (χ1n) is 13.7. The molecule has 212 valence electrons. The maximum absolute atomic E-state index is 14.8. The van der Waals surface area contributed by atoms with Gasteiger partial charge in [0.25, 0.3) is 5.91 Å². The number of para-hydroxylation sites is 1. The van der Waals surface area contributed by atoms with Gasteiger partial charge in [-0.3, -0.25) is 14.4 Å². The fraction of sp³-hybridized carbons (Fsp3) is 0.567. The van der Waals surface area contributed by atoms with Crippen molar-refractivity contribution in [1.29, 1.82) is 0 Å². The number of amides is 2. The van der Waals surface area contributed by atoms with Crippen molar-refractivity contribution in [2.24, 2.45) is 23.7 Å². The molecule has 3 fully saturated rings. The number of aryl methyl sites for hydroxylation is 1. The molecule has 0 aromatic heterocycles. The number of esters is 1. The van der Waals surface area contributed by atoms with E-state index in [1.54, 1.807) is 33.7 Å². The van der Waals surface area contributed by atoms with Crippen molar-refractivity contribution in [3.8, 4) is 0 Å². The molecule has 3 heterocycles. The number of likely N-dealkylation sites (tertiary alicyclic amines) is 1. The highest BCUT2D eigenvalue weighted by molar-refractivity contribution is 8.02. The van der Waals surface area contributed by atoms with E-state index < -0.39 is 34.6 Å². The zero-order chi connectivity index (χ0) is 28.6. The van der Waals surface area contributed by atoms with Gasteiger partial charge in [-0.2, -0.15) is 0 Å². The van der Waals surface area contributed by atoms with Crippen LogP contribution in [0.4, 0.5) is 5.69 Å². The molecule has 9 heteroatoms. The number of halogens is 1. The van der Waals surface area contributed by atoms with Crippen LogP contribution in [0.5, 0.6) is 0 Å². The molecule has 3 unspecified atom stereocenters. The Morgan fingerprint density at radius 3 is 2.67 bits per heavy atom. The predicted octanol–water partition coefficient (Wildman–Crippen LogP) is 4.64. The van der Waals surface area contributed by atoms with E-state index in [2.05, 4.69) is 20.1 Å². The van der Waals surface area contributed by atoms with E-state index in [1.165, 1.54) is 6.08 Å². The van der Waals surface area contributed by atoms with Gasteiger partial charge in [0.1, 0.15) is 12.6 Å². The fourth-order valence-corrected chi connectivity index (χ4v) is 9.66. The largest absolute Gasteiger partial charge is 0.461 e. The van der Waals surface area contributed by atoms with Gasteiger partial charge in [0.15, 0.2) is 0 Å². The second-order valence-corrected chi connectivity index (χ2v) is 13.0. The number of nitrogens with zero attached hydrogens (tertiary/aromatic N) is 2. The summed E-state index contributed by atoms with van der Waals surface area (Å²) in [5, 5.41) is 10.9. The molecule has 3 aliphatic rings. The number of carbonyl (C=O) groups excluding carboxylic acids is 3. The lowest BCUT2D eigenvalue weighted by molar-refractivity contribution is -0.154. The number of aliphatic hydroxyl groups is 1. The zero-order valence-electron chi connectivity index (χ0n) is 23.1. The Morgan fingerprint density at radius 2 is 2.08 bits per heavy atom. The molecular weight excluding hydrogens is 536 g/mol. The van der Waals surface area contributed by atoms with Crippen molar-refractivity contribution in [3.05, 3.63) is 54.1 Å². The van der Waals surface area contributed by atoms with E-state index in [-0.39, 0.29) is 48.7 Å². The van der Waals surface area contributed by atoms with Gasteiger partial charge in [-0.25, -0.2) is 0 Å². The summed E-state index contributed by atoms with van der Waals surface area (Å²) in [5.74, 6) is -2.43. The number of thioether (sulfide) groups is 1. The number of hydrogen-bond donors (Lipinski definition) is 1. The van der Waals surface area contributed by atoms with E-state index in [1.807, 2.05) is 32.9 Å². The number of ether oxygens (including phenoxy) is 1. The third-order valence-corrected chi connectivity index (χ3v) is 11.3. The van der Waals surface area contributed by atoms with Gasteiger partial charge in [-0.15, -0.1) is 18.3 Å². The van der Waals surface area contributed by atoms with Gasteiger partial charge >= 0.3 is 5.97 Å². The number of hydrogen-bond acceptors (Lipinski definition) is 6. The maximum Gasteiger partial charge on any atom is 0.311 e. The molecule has 2 bridgehead atoms. The smallest absolute Gasteiger partial charge is 0.311 e. The highest BCUT2D eigenvalue weighted by Crippen LogP contribution is 2.69. The molecule has 3 aliphatic heterocycles. The number of carbonyl (C=O) groups is 3. The van der Waals surface area contributed by atoms with Crippen LogP contribution in [0.3, 0.4) is 0 Å². The number of benzene rings is 1. The molecule has 0 aliphatic carbocycles. The summed E-state index contributed by atoms with van der Waals surface area (Å²) in [6, 6.07) is 4.00. The number of rotatable bonds is 11. The van der Waals surface area contributed by atoms with Gasteiger partial charge < -0.3 is 19.6 Å². The van der Waals surface area contributed by atoms with Crippen LogP contribution >= 0.6 is 23.4 Å². The maximum atomic E-state index is 14.8. The Hall–Kier alpha value is -2.29. The molecule has 1 aromatic carbocycles. The Morgan fingerprint density at radius 1 is 1.36 bits per heavy atom. The first-order chi connectivity index (χ1) is 18.6. The van der Waals surface area contributed by atoms with Gasteiger partial charge in [-0.1, -0.05) is 69.7 Å². The van der Waals surface area contributed by atoms with E-state index in [9.17, 15) is 19.5 Å². The van der Waals surface area contributed by atoms with Gasteiger partial charge in [0.2, 0.25) is 5.91 Å². The number of anilines is 1. The summed E-state index contributed by atoms with van der Waals surface area (Å²) in [6.07, 6.45) is 4.56. The molecule has 4 rings (SSSR count). The SMILES string of the molecule is C=CCOC(=O)[C@@H]1[C@H]2C(=O)N([C@@H](CO)[C@@H](C)CC)C(C(=O)N(CC=C)c3c(C)cccc3Cl)C23S[C@@H]1CC3C. The minimum absolute atomic E-state index is 0.0157. The van der Waals surface area contributed by atoms with Crippen LogP contribution in [0.2, 0.25) is 5.02 Å². The summed E-state index contributed by atoms with van der Waals surface area (Å²) in [7, 11) is 0. The summed E-state index contributed by atoms with van der Waals surface area (Å²) < 4.78 is 4.63. The second-order valence-electron chi connectivity index (χ2n) is 11.0. The van der Waals surface area contributed by atoms with E-state index >= 15 is 0 Å². The summed E-state index contributed by atoms with van der Waals surface area (Å²) in [6.45, 7) is 15.4. The summed E-state index contributed by atoms with van der Waals surface area (Å²) in [5.41, 5.74) is 1.40. The predicted molar refractivity (Wildman–Crippen MR) is 156 cm³/mol. The van der Waals surface area contributed by atoms with Crippen LogP contribution < -0.4 is 4.90 Å². The third kappa shape index (κ3) is 4.62. The molecular formula is C30H39ClN2O5S. The van der Waals surface area contributed by atoms with E-state index in [0.29, 0.717) is 23.6 Å². The Labute approximate surface area is 240 Å². The molecule has 39 heavy (non-hydrogen) atoms. The molecule has 7 nitrogen and oxygen atoms in total. The molecule has 1 aromatic rings. The average molecular weight is 575 g/mol.